The van der Waals surface area contributed by atoms with E-state index in [1.165, 1.54) is 32.4 Å². The van der Waals surface area contributed by atoms with E-state index in [1.807, 2.05) is 19.1 Å². The zero-order chi connectivity index (χ0) is 18.8. The lowest BCUT2D eigenvalue weighted by molar-refractivity contribution is -0.907. The van der Waals surface area contributed by atoms with Crippen molar-refractivity contribution in [2.24, 2.45) is 0 Å². The Labute approximate surface area is 155 Å². The van der Waals surface area contributed by atoms with Crippen LogP contribution in [0.2, 0.25) is 0 Å². The molecule has 0 aliphatic heterocycles. The van der Waals surface area contributed by atoms with Gasteiger partial charge in [0.2, 0.25) is 4.96 Å². The molecule has 0 bridgehead atoms. The van der Waals surface area contributed by atoms with Crippen molar-refractivity contribution < 1.29 is 14.4 Å². The first-order valence-electron chi connectivity index (χ1n) is 8.30. The van der Waals surface area contributed by atoms with Crippen LogP contribution in [-0.2, 0) is 13.1 Å². The molecular weight excluding hydrogens is 352 g/mol. The Morgan fingerprint density at radius 2 is 1.81 bits per heavy atom. The highest BCUT2D eigenvalue weighted by Gasteiger charge is 2.15. The average molecular weight is 375 g/mol. The van der Waals surface area contributed by atoms with Crippen LogP contribution in [0.3, 0.4) is 0 Å². The Balaban J connectivity index is 1.80. The minimum absolute atomic E-state index is 0.136. The summed E-state index contributed by atoms with van der Waals surface area (Å²) in [6.07, 6.45) is 0. The van der Waals surface area contributed by atoms with Gasteiger partial charge in [-0.2, -0.15) is 9.61 Å². The zero-order valence-electron chi connectivity index (χ0n) is 15.6. The summed E-state index contributed by atoms with van der Waals surface area (Å²) in [5, 5.41) is 5.30. The Hall–Kier alpha value is -2.45. The molecule has 2 aromatic heterocycles. The van der Waals surface area contributed by atoms with Crippen molar-refractivity contribution in [2.45, 2.75) is 26.9 Å². The molecule has 0 radical (unpaired) electrons. The predicted octanol–water partition coefficient (Wildman–Crippen LogP) is 1.000. The zero-order valence-corrected chi connectivity index (χ0v) is 16.4. The van der Waals surface area contributed by atoms with E-state index in [0.29, 0.717) is 17.2 Å². The van der Waals surface area contributed by atoms with E-state index in [1.54, 1.807) is 14.2 Å². The summed E-state index contributed by atoms with van der Waals surface area (Å²) < 4.78 is 12.1. The van der Waals surface area contributed by atoms with Gasteiger partial charge in [-0.15, -0.1) is 0 Å². The lowest BCUT2D eigenvalue weighted by Crippen LogP contribution is -3.06. The molecule has 0 saturated carbocycles. The number of hydrogen-bond acceptors (Lipinski definition) is 6. The highest BCUT2D eigenvalue weighted by Crippen LogP contribution is 2.29. The van der Waals surface area contributed by atoms with Crippen molar-refractivity contribution in [1.82, 2.24) is 14.6 Å². The molecule has 7 nitrogen and oxygen atoms in total. The smallest absolute Gasteiger partial charge is 0.275 e. The third-order valence-corrected chi connectivity index (χ3v) is 5.11. The molecule has 2 heterocycles. The van der Waals surface area contributed by atoms with Crippen molar-refractivity contribution in [1.29, 1.82) is 0 Å². The van der Waals surface area contributed by atoms with Crippen molar-refractivity contribution in [3.05, 3.63) is 50.4 Å². The minimum atomic E-state index is -0.136. The van der Waals surface area contributed by atoms with Gasteiger partial charge in [-0.25, -0.2) is 4.98 Å². The van der Waals surface area contributed by atoms with E-state index in [-0.39, 0.29) is 5.56 Å². The van der Waals surface area contributed by atoms with E-state index in [4.69, 9.17) is 9.47 Å². The van der Waals surface area contributed by atoms with Gasteiger partial charge in [-0.05, 0) is 31.5 Å². The summed E-state index contributed by atoms with van der Waals surface area (Å²) in [5.74, 6) is 1.46. The van der Waals surface area contributed by atoms with Crippen LogP contribution in [0.15, 0.2) is 23.0 Å². The molecule has 0 aliphatic rings. The molecule has 0 saturated heterocycles. The number of aryl methyl sites for hydroxylation is 2. The van der Waals surface area contributed by atoms with Crippen molar-refractivity contribution in [2.75, 3.05) is 21.3 Å². The SMILES string of the molecule is COc1cc(C)c(C[NH+](C)Cc2nn3c(=O)cc(C)nc3s2)cc1OC. The highest BCUT2D eigenvalue weighted by atomic mass is 32.1. The highest BCUT2D eigenvalue weighted by molar-refractivity contribution is 7.16. The Morgan fingerprint density at radius 1 is 1.12 bits per heavy atom. The number of methoxy groups -OCH3 is 2. The van der Waals surface area contributed by atoms with E-state index in [0.717, 1.165) is 28.6 Å². The van der Waals surface area contributed by atoms with Crippen LogP contribution >= 0.6 is 11.3 Å². The molecule has 1 unspecified atom stereocenters. The standard InChI is InChI=1S/C18H22N4O3S/c1-11-6-14(24-4)15(25-5)8-13(11)9-21(3)10-16-20-22-17(23)7-12(2)19-18(22)26-16/h6-8H,9-10H2,1-5H3/p+1. The lowest BCUT2D eigenvalue weighted by atomic mass is 10.1. The van der Waals surface area contributed by atoms with E-state index in [9.17, 15) is 4.79 Å². The van der Waals surface area contributed by atoms with Crippen molar-refractivity contribution in [3.8, 4) is 11.5 Å². The monoisotopic (exact) mass is 375 g/mol. The first-order chi connectivity index (χ1) is 12.4. The Morgan fingerprint density at radius 3 is 2.50 bits per heavy atom. The summed E-state index contributed by atoms with van der Waals surface area (Å²) in [7, 11) is 5.38. The molecule has 3 aromatic rings. The van der Waals surface area contributed by atoms with Gasteiger partial charge in [0.1, 0.15) is 13.1 Å². The normalized spacial score (nSPS) is 12.3. The largest absolute Gasteiger partial charge is 0.493 e. The van der Waals surface area contributed by atoms with Gasteiger partial charge in [0.25, 0.3) is 5.56 Å². The summed E-state index contributed by atoms with van der Waals surface area (Å²) >= 11 is 1.46. The number of rotatable bonds is 6. The number of ether oxygens (including phenoxy) is 2. The molecule has 3 rings (SSSR count). The fourth-order valence-corrected chi connectivity index (χ4v) is 3.95. The fourth-order valence-electron chi connectivity index (χ4n) is 2.89. The number of nitrogens with one attached hydrogen (secondary N) is 1. The number of nitrogens with zero attached hydrogens (tertiary/aromatic N) is 3. The minimum Gasteiger partial charge on any atom is -0.493 e. The van der Waals surface area contributed by atoms with E-state index >= 15 is 0 Å². The van der Waals surface area contributed by atoms with Gasteiger partial charge < -0.3 is 14.4 Å². The van der Waals surface area contributed by atoms with Gasteiger partial charge >= 0.3 is 0 Å². The maximum absolute atomic E-state index is 12.0. The van der Waals surface area contributed by atoms with Crippen molar-refractivity contribution in [3.63, 3.8) is 0 Å². The Kier molecular flexibility index (Phi) is 5.24. The third-order valence-electron chi connectivity index (χ3n) is 4.20. The van der Waals surface area contributed by atoms with Gasteiger partial charge in [0.05, 0.1) is 21.3 Å². The van der Waals surface area contributed by atoms with Crippen LogP contribution < -0.4 is 19.9 Å². The first kappa shape index (κ1) is 18.3. The maximum atomic E-state index is 12.0. The first-order valence-corrected chi connectivity index (χ1v) is 9.12. The van der Waals surface area contributed by atoms with Crippen LogP contribution in [0.4, 0.5) is 0 Å². The molecular formula is C18H23N4O3S+. The molecule has 0 amide bonds. The summed E-state index contributed by atoms with van der Waals surface area (Å²) in [6.45, 7) is 5.40. The second-order valence-electron chi connectivity index (χ2n) is 6.37. The molecule has 8 heteroatoms. The van der Waals surface area contributed by atoms with Crippen LogP contribution in [0.5, 0.6) is 11.5 Å². The summed E-state index contributed by atoms with van der Waals surface area (Å²) in [6, 6.07) is 5.51. The summed E-state index contributed by atoms with van der Waals surface area (Å²) in [5.41, 5.74) is 2.92. The number of hydrogen-bond donors (Lipinski definition) is 1. The van der Waals surface area contributed by atoms with Crippen molar-refractivity contribution >= 4 is 16.3 Å². The van der Waals surface area contributed by atoms with E-state index < -0.39 is 0 Å². The molecule has 1 aromatic carbocycles. The molecule has 0 fully saturated rings. The second-order valence-corrected chi connectivity index (χ2v) is 7.41. The Bertz CT molecular complexity index is 996. The predicted molar refractivity (Wildman–Crippen MR) is 100 cm³/mol. The van der Waals surface area contributed by atoms with Gasteiger partial charge in [0, 0.05) is 17.3 Å². The average Bonchev–Trinajstić information content (AvgIpc) is 2.98. The number of benzene rings is 1. The molecule has 0 spiro atoms. The van der Waals surface area contributed by atoms with E-state index in [2.05, 4.69) is 24.1 Å². The number of quaternary nitrogens is 1. The topological polar surface area (TPSA) is 70.2 Å². The summed E-state index contributed by atoms with van der Waals surface area (Å²) in [4.78, 5) is 18.3. The fraction of sp³-hybridized carbons (Fsp3) is 0.389. The molecule has 138 valence electrons. The second kappa shape index (κ2) is 7.43. The van der Waals surface area contributed by atoms with Crippen LogP contribution in [0, 0.1) is 13.8 Å². The van der Waals surface area contributed by atoms with Crippen LogP contribution in [-0.4, -0.2) is 35.9 Å². The maximum Gasteiger partial charge on any atom is 0.275 e. The van der Waals surface area contributed by atoms with Gasteiger partial charge in [-0.1, -0.05) is 11.3 Å². The molecule has 1 N–H and O–H groups in total. The number of fused-ring (bicyclic) bond motifs is 1. The molecule has 1 atom stereocenters. The molecule has 0 aliphatic carbocycles. The van der Waals surface area contributed by atoms with Crippen LogP contribution in [0.1, 0.15) is 21.8 Å². The molecule has 26 heavy (non-hydrogen) atoms. The van der Waals surface area contributed by atoms with Gasteiger partial charge in [0.15, 0.2) is 16.5 Å². The van der Waals surface area contributed by atoms with Crippen LogP contribution in [0.25, 0.3) is 4.96 Å². The third kappa shape index (κ3) is 3.71. The quantitative estimate of drug-likeness (QED) is 0.696. The van der Waals surface area contributed by atoms with Gasteiger partial charge in [-0.3, -0.25) is 4.79 Å². The number of aromatic nitrogens is 3. The lowest BCUT2D eigenvalue weighted by Gasteiger charge is -2.16.